The number of carbonyl (C=O) groups excluding carboxylic acids is 1. The van der Waals surface area contributed by atoms with E-state index in [1.807, 2.05) is 12.1 Å². The molecule has 4 nitrogen and oxygen atoms in total. The highest BCUT2D eigenvalue weighted by atomic mass is 16.1. The summed E-state index contributed by atoms with van der Waals surface area (Å²) in [5.41, 5.74) is 1.57. The molecule has 0 saturated carbocycles. The van der Waals surface area contributed by atoms with Crippen LogP contribution in [0.3, 0.4) is 0 Å². The zero-order chi connectivity index (χ0) is 8.39. The van der Waals surface area contributed by atoms with Crippen LogP contribution in [0.4, 0.5) is 0 Å². The molecule has 0 amide bonds. The summed E-state index contributed by atoms with van der Waals surface area (Å²) >= 11 is 0. The van der Waals surface area contributed by atoms with Gasteiger partial charge in [0.25, 0.3) is 0 Å². The summed E-state index contributed by atoms with van der Waals surface area (Å²) in [7, 11) is 0. The van der Waals surface area contributed by atoms with Crippen molar-refractivity contribution in [2.75, 3.05) is 0 Å². The Morgan fingerprint density at radius 3 is 3.25 bits per heavy atom. The van der Waals surface area contributed by atoms with E-state index in [9.17, 15) is 4.79 Å². The maximum Gasteiger partial charge on any atom is 0.177 e. The number of nitrogens with zero attached hydrogens (tertiary/aromatic N) is 3. The van der Waals surface area contributed by atoms with Gasteiger partial charge in [-0.3, -0.25) is 0 Å². The van der Waals surface area contributed by atoms with Gasteiger partial charge in [0.1, 0.15) is 6.29 Å². The minimum atomic E-state index is 0.336. The predicted molar refractivity (Wildman–Crippen MR) is 43.6 cm³/mol. The molecule has 0 aliphatic rings. The first-order chi connectivity index (χ1) is 5.92. The zero-order valence-corrected chi connectivity index (χ0v) is 6.34. The van der Waals surface area contributed by atoms with Crippen LogP contribution in [-0.2, 0) is 11.3 Å². The third kappa shape index (κ3) is 0.972. The van der Waals surface area contributed by atoms with E-state index in [1.54, 1.807) is 17.1 Å². The third-order valence-electron chi connectivity index (χ3n) is 1.67. The van der Waals surface area contributed by atoms with Gasteiger partial charge in [-0.05, 0) is 12.1 Å². The standard InChI is InChI=1S/C8H7N3O/c12-5-4-11-6-10-8-7(11)2-1-3-9-8/h1-3,5-6H,4H2. The first-order valence-electron chi connectivity index (χ1n) is 3.61. The summed E-state index contributed by atoms with van der Waals surface area (Å²) in [6.07, 6.45) is 4.14. The van der Waals surface area contributed by atoms with Crippen molar-refractivity contribution < 1.29 is 4.79 Å². The lowest BCUT2D eigenvalue weighted by atomic mass is 10.4. The number of aldehydes is 1. The molecule has 2 heterocycles. The Morgan fingerprint density at radius 1 is 1.50 bits per heavy atom. The van der Waals surface area contributed by atoms with Crippen molar-refractivity contribution in [3.8, 4) is 0 Å². The van der Waals surface area contributed by atoms with Gasteiger partial charge in [-0.1, -0.05) is 0 Å². The smallest absolute Gasteiger partial charge is 0.177 e. The Morgan fingerprint density at radius 2 is 2.42 bits per heavy atom. The molecule has 60 valence electrons. The van der Waals surface area contributed by atoms with Gasteiger partial charge >= 0.3 is 0 Å². The number of carbonyl (C=O) groups is 1. The summed E-state index contributed by atoms with van der Waals surface area (Å²) in [4.78, 5) is 18.3. The minimum Gasteiger partial charge on any atom is -0.322 e. The van der Waals surface area contributed by atoms with Gasteiger partial charge in [0.05, 0.1) is 18.4 Å². The summed E-state index contributed by atoms with van der Waals surface area (Å²) < 4.78 is 1.76. The highest BCUT2D eigenvalue weighted by molar-refractivity contribution is 5.71. The molecule has 0 N–H and O–H groups in total. The van der Waals surface area contributed by atoms with Crippen LogP contribution in [0.2, 0.25) is 0 Å². The van der Waals surface area contributed by atoms with E-state index in [1.165, 1.54) is 0 Å². The van der Waals surface area contributed by atoms with Crippen LogP contribution < -0.4 is 0 Å². The average Bonchev–Trinajstić information content (AvgIpc) is 2.50. The van der Waals surface area contributed by atoms with Gasteiger partial charge in [-0.25, -0.2) is 9.97 Å². The van der Waals surface area contributed by atoms with Crippen molar-refractivity contribution in [3.05, 3.63) is 24.7 Å². The van der Waals surface area contributed by atoms with Gasteiger partial charge in [0.15, 0.2) is 5.65 Å². The molecule has 2 aromatic rings. The summed E-state index contributed by atoms with van der Waals surface area (Å²) in [5, 5.41) is 0. The second kappa shape index (κ2) is 2.73. The highest BCUT2D eigenvalue weighted by Gasteiger charge is 1.99. The molecule has 0 spiro atoms. The largest absolute Gasteiger partial charge is 0.322 e. The van der Waals surface area contributed by atoms with Crippen LogP contribution in [-0.4, -0.2) is 20.8 Å². The van der Waals surface area contributed by atoms with Crippen molar-refractivity contribution in [1.82, 2.24) is 14.5 Å². The Labute approximate surface area is 68.9 Å². The fourth-order valence-electron chi connectivity index (χ4n) is 1.12. The lowest BCUT2D eigenvalue weighted by molar-refractivity contribution is -0.108. The molecular formula is C8H7N3O. The summed E-state index contributed by atoms with van der Waals surface area (Å²) in [6.45, 7) is 0.336. The minimum absolute atomic E-state index is 0.336. The fourth-order valence-corrected chi connectivity index (χ4v) is 1.12. The Kier molecular flexibility index (Phi) is 1.59. The Hall–Kier alpha value is -1.71. The quantitative estimate of drug-likeness (QED) is 0.607. The first kappa shape index (κ1) is 6.97. The van der Waals surface area contributed by atoms with E-state index in [2.05, 4.69) is 9.97 Å². The van der Waals surface area contributed by atoms with Gasteiger partial charge in [-0.15, -0.1) is 0 Å². The van der Waals surface area contributed by atoms with Gasteiger partial charge in [0, 0.05) is 6.20 Å². The van der Waals surface area contributed by atoms with Crippen molar-refractivity contribution in [1.29, 1.82) is 0 Å². The second-order valence-corrected chi connectivity index (χ2v) is 2.41. The lowest BCUT2D eigenvalue weighted by Crippen LogP contribution is -1.95. The molecule has 0 atom stereocenters. The summed E-state index contributed by atoms with van der Waals surface area (Å²) in [5.74, 6) is 0. The number of rotatable bonds is 2. The lowest BCUT2D eigenvalue weighted by Gasteiger charge is -1.94. The van der Waals surface area contributed by atoms with Crippen LogP contribution in [0, 0.1) is 0 Å². The average molecular weight is 161 g/mol. The third-order valence-corrected chi connectivity index (χ3v) is 1.67. The maximum atomic E-state index is 10.2. The van der Waals surface area contributed by atoms with E-state index in [0.29, 0.717) is 12.2 Å². The number of hydrogen-bond acceptors (Lipinski definition) is 3. The van der Waals surface area contributed by atoms with E-state index in [0.717, 1.165) is 11.8 Å². The monoisotopic (exact) mass is 161 g/mol. The number of aromatic nitrogens is 3. The first-order valence-corrected chi connectivity index (χ1v) is 3.61. The Bertz CT molecular complexity index is 407. The van der Waals surface area contributed by atoms with Crippen molar-refractivity contribution >= 4 is 17.5 Å². The topological polar surface area (TPSA) is 47.8 Å². The molecule has 0 aromatic carbocycles. The predicted octanol–water partition coefficient (Wildman–Crippen LogP) is 0.630. The second-order valence-electron chi connectivity index (χ2n) is 2.41. The number of pyridine rings is 1. The van der Waals surface area contributed by atoms with Crippen LogP contribution in [0.15, 0.2) is 24.7 Å². The molecule has 0 radical (unpaired) electrons. The molecule has 0 unspecified atom stereocenters. The van der Waals surface area contributed by atoms with E-state index >= 15 is 0 Å². The Balaban J connectivity index is 2.62. The molecule has 12 heavy (non-hydrogen) atoms. The number of imidazole rings is 1. The van der Waals surface area contributed by atoms with Gasteiger partial charge in [-0.2, -0.15) is 0 Å². The zero-order valence-electron chi connectivity index (χ0n) is 6.34. The highest BCUT2D eigenvalue weighted by Crippen LogP contribution is 2.07. The number of fused-ring (bicyclic) bond motifs is 1. The van der Waals surface area contributed by atoms with E-state index < -0.39 is 0 Å². The van der Waals surface area contributed by atoms with Crippen LogP contribution in [0.1, 0.15) is 0 Å². The van der Waals surface area contributed by atoms with Crippen LogP contribution >= 0.6 is 0 Å². The van der Waals surface area contributed by atoms with Crippen molar-refractivity contribution in [3.63, 3.8) is 0 Å². The molecule has 0 saturated heterocycles. The summed E-state index contributed by atoms with van der Waals surface area (Å²) in [6, 6.07) is 3.71. The van der Waals surface area contributed by atoms with Crippen molar-refractivity contribution in [2.45, 2.75) is 6.54 Å². The SMILES string of the molecule is O=CCn1cnc2ncccc21. The van der Waals surface area contributed by atoms with Crippen LogP contribution in [0.25, 0.3) is 11.2 Å². The molecule has 4 heteroatoms. The molecule has 0 aliphatic heterocycles. The molecule has 2 aromatic heterocycles. The number of hydrogen-bond donors (Lipinski definition) is 0. The normalized spacial score (nSPS) is 10.3. The van der Waals surface area contributed by atoms with Crippen LogP contribution in [0.5, 0.6) is 0 Å². The molecular weight excluding hydrogens is 154 g/mol. The van der Waals surface area contributed by atoms with Crippen molar-refractivity contribution in [2.24, 2.45) is 0 Å². The van der Waals surface area contributed by atoms with Gasteiger partial charge < -0.3 is 9.36 Å². The maximum absolute atomic E-state index is 10.2. The molecule has 2 rings (SSSR count). The molecule has 0 fully saturated rings. The fraction of sp³-hybridized carbons (Fsp3) is 0.125. The van der Waals surface area contributed by atoms with Gasteiger partial charge in [0.2, 0.25) is 0 Å². The van der Waals surface area contributed by atoms with E-state index in [4.69, 9.17) is 0 Å². The van der Waals surface area contributed by atoms with E-state index in [-0.39, 0.29) is 0 Å². The molecule has 0 aliphatic carbocycles. The molecule has 0 bridgehead atoms.